The zero-order valence-corrected chi connectivity index (χ0v) is 45.8. The summed E-state index contributed by atoms with van der Waals surface area (Å²) in [5.41, 5.74) is 3.61. The van der Waals surface area contributed by atoms with Crippen LogP contribution >= 0.6 is 31.9 Å². The van der Waals surface area contributed by atoms with Crippen molar-refractivity contribution in [3.63, 3.8) is 0 Å². The van der Waals surface area contributed by atoms with Crippen LogP contribution < -0.4 is 29.6 Å². The Hall–Kier alpha value is -6.12. The lowest BCUT2D eigenvalue weighted by molar-refractivity contribution is -0.146. The highest BCUT2D eigenvalue weighted by Crippen LogP contribution is 2.35. The second kappa shape index (κ2) is 24.0. The zero-order valence-electron chi connectivity index (χ0n) is 41.0. The molecule has 4 heterocycles. The average Bonchev–Trinajstić information content (AvgIpc) is 3.36. The number of ether oxygens (including phenoxy) is 4. The Balaban J connectivity index is 1.23. The Kier molecular flexibility index (Phi) is 18.6. The molecule has 24 heteroatoms. The van der Waals surface area contributed by atoms with Gasteiger partial charge in [0.15, 0.2) is 19.7 Å². The maximum Gasteiger partial charge on any atom is 0.326 e. The van der Waals surface area contributed by atoms with Gasteiger partial charge in [0.05, 0.1) is 32.0 Å². The number of rotatable bonds is 25. The Morgan fingerprint density at radius 3 is 1.27 bits per heavy atom. The van der Waals surface area contributed by atoms with Crippen molar-refractivity contribution >= 4 is 63.5 Å². The Morgan fingerprint density at radius 2 is 0.932 bits per heavy atom. The average molecular weight is 1190 g/mol. The minimum Gasteiger partial charge on any atom is -0.480 e. The third-order valence-corrected chi connectivity index (χ3v) is 15.2. The van der Waals surface area contributed by atoms with E-state index in [0.717, 1.165) is 45.9 Å². The molecule has 6 N–H and O–H groups in total. The largest absolute Gasteiger partial charge is 0.480 e. The van der Waals surface area contributed by atoms with Crippen molar-refractivity contribution in [2.24, 2.45) is 0 Å². The number of nitrogens with zero attached hydrogens (tertiary/aromatic N) is 4. The van der Waals surface area contributed by atoms with Crippen molar-refractivity contribution < 1.29 is 65.8 Å². The molecular weight excluding hydrogens is 1130 g/mol. The summed E-state index contributed by atoms with van der Waals surface area (Å²) in [5, 5.41) is 44.9. The van der Waals surface area contributed by atoms with Gasteiger partial charge < -0.3 is 39.4 Å². The fourth-order valence-electron chi connectivity index (χ4n) is 7.02. The van der Waals surface area contributed by atoms with Crippen LogP contribution in [0.25, 0.3) is 11.1 Å². The molecular formula is C50H54Br2N6O14S2. The first-order chi connectivity index (χ1) is 34.8. The molecule has 20 nitrogen and oxygen atoms in total. The van der Waals surface area contributed by atoms with Crippen LogP contribution in [-0.4, -0.2) is 106 Å². The van der Waals surface area contributed by atoms with E-state index in [1.54, 1.807) is 12.1 Å². The number of pyridine rings is 4. The van der Waals surface area contributed by atoms with Crippen molar-refractivity contribution in [3.05, 3.63) is 139 Å². The van der Waals surface area contributed by atoms with E-state index in [4.69, 9.17) is 18.9 Å². The molecule has 74 heavy (non-hydrogen) atoms. The third-order valence-electron chi connectivity index (χ3n) is 11.9. The SMILES string of the molecule is Cc1c(COc2nc(OCc3cncc(S(C)(=O)=O)c3)c(CN[C@@](C)(CO)C(=O)O)cc2Br)cccc1-c1cccc(COc2nc(OCc3cncc(S(C)(=O)=O)c3)c(CN[C@@](C)(CO)C(=O)O)cc2Br)c1C. The van der Waals surface area contributed by atoms with Gasteiger partial charge in [-0.3, -0.25) is 30.2 Å². The molecule has 0 spiro atoms. The van der Waals surface area contributed by atoms with Crippen LogP contribution in [0.2, 0.25) is 0 Å². The summed E-state index contributed by atoms with van der Waals surface area (Å²) in [4.78, 5) is 41.2. The molecule has 0 saturated carbocycles. The number of sulfone groups is 2. The van der Waals surface area contributed by atoms with E-state index in [2.05, 4.69) is 62.4 Å². The molecule has 0 unspecified atom stereocenters. The Bertz CT molecular complexity index is 3080. The molecule has 0 fully saturated rings. The quantitative estimate of drug-likeness (QED) is 0.0380. The third kappa shape index (κ3) is 14.2. The predicted molar refractivity (Wildman–Crippen MR) is 277 cm³/mol. The molecule has 394 valence electrons. The van der Waals surface area contributed by atoms with Crippen LogP contribution in [0, 0.1) is 13.8 Å². The number of nitrogens with one attached hydrogen (secondary N) is 2. The molecule has 0 saturated heterocycles. The number of carboxylic acids is 2. The minimum absolute atomic E-state index is 0.00233. The fourth-order valence-corrected chi connectivity index (χ4v) is 9.22. The van der Waals surface area contributed by atoms with Crippen LogP contribution in [0.1, 0.15) is 58.4 Å². The lowest BCUT2D eigenvalue weighted by Gasteiger charge is -2.24. The van der Waals surface area contributed by atoms with Gasteiger partial charge in [0.2, 0.25) is 23.5 Å². The topological polar surface area (TPSA) is 296 Å². The van der Waals surface area contributed by atoms with Crippen LogP contribution in [-0.2, 0) is 68.8 Å². The van der Waals surface area contributed by atoms with Crippen molar-refractivity contribution in [2.75, 3.05) is 25.7 Å². The monoisotopic (exact) mass is 1180 g/mol. The summed E-state index contributed by atoms with van der Waals surface area (Å²) in [6.45, 7) is 4.88. The minimum atomic E-state index is -3.56. The molecule has 6 rings (SSSR count). The van der Waals surface area contributed by atoms with Gasteiger partial charge in [-0.15, -0.1) is 0 Å². The van der Waals surface area contributed by atoms with Crippen molar-refractivity contribution in [2.45, 2.75) is 88.1 Å². The number of carboxylic acid groups (broad SMARTS) is 2. The summed E-state index contributed by atoms with van der Waals surface area (Å²) in [7, 11) is -7.12. The van der Waals surface area contributed by atoms with E-state index in [1.165, 1.54) is 50.8 Å². The second-order valence-corrected chi connectivity index (χ2v) is 23.5. The zero-order chi connectivity index (χ0) is 54.2. The number of carbonyl (C=O) groups is 2. The van der Waals surface area contributed by atoms with Gasteiger partial charge in [0.1, 0.15) is 37.5 Å². The summed E-state index contributed by atoms with van der Waals surface area (Å²) < 4.78 is 74.4. The Labute approximate surface area is 444 Å². The molecule has 0 bridgehead atoms. The first-order valence-corrected chi connectivity index (χ1v) is 27.8. The highest BCUT2D eigenvalue weighted by molar-refractivity contribution is 9.11. The predicted octanol–water partition coefficient (Wildman–Crippen LogP) is 6.05. The fraction of sp³-hybridized carbons (Fsp3) is 0.320. The molecule has 0 aliphatic rings. The number of hydrogen-bond acceptors (Lipinski definition) is 18. The number of aliphatic carboxylic acids is 2. The number of aliphatic hydroxyl groups excluding tert-OH is 2. The highest BCUT2D eigenvalue weighted by atomic mass is 79.9. The maximum atomic E-state index is 12.2. The smallest absolute Gasteiger partial charge is 0.326 e. The first kappa shape index (κ1) is 57.2. The molecule has 0 aliphatic carbocycles. The molecule has 0 amide bonds. The van der Waals surface area contributed by atoms with E-state index in [9.17, 15) is 46.9 Å². The lowest BCUT2D eigenvalue weighted by atomic mass is 9.92. The van der Waals surface area contributed by atoms with E-state index >= 15 is 0 Å². The van der Waals surface area contributed by atoms with E-state index in [-0.39, 0.29) is 72.8 Å². The summed E-state index contributed by atoms with van der Waals surface area (Å²) in [6, 6.07) is 17.8. The Morgan fingerprint density at radius 1 is 0.568 bits per heavy atom. The van der Waals surface area contributed by atoms with E-state index in [1.807, 2.05) is 50.2 Å². The molecule has 2 aromatic carbocycles. The summed E-state index contributed by atoms with van der Waals surface area (Å²) in [6.07, 6.45) is 7.50. The van der Waals surface area contributed by atoms with E-state index < -0.39 is 55.9 Å². The molecule has 0 aliphatic heterocycles. The number of aliphatic hydroxyl groups is 2. The van der Waals surface area contributed by atoms with E-state index in [0.29, 0.717) is 31.2 Å². The first-order valence-electron chi connectivity index (χ1n) is 22.4. The number of benzene rings is 2. The van der Waals surface area contributed by atoms with Crippen LogP contribution in [0.3, 0.4) is 0 Å². The number of halogens is 2. The second-order valence-electron chi connectivity index (χ2n) is 17.7. The molecule has 6 aromatic rings. The van der Waals surface area contributed by atoms with Crippen molar-refractivity contribution in [1.82, 2.24) is 30.6 Å². The van der Waals surface area contributed by atoms with Gasteiger partial charge >= 0.3 is 11.9 Å². The maximum absolute atomic E-state index is 12.2. The van der Waals surface area contributed by atoms with Crippen LogP contribution in [0.5, 0.6) is 23.5 Å². The lowest BCUT2D eigenvalue weighted by Crippen LogP contribution is -2.52. The number of aromatic nitrogens is 4. The normalized spacial score (nSPS) is 13.4. The van der Waals surface area contributed by atoms with Gasteiger partial charge in [-0.25, -0.2) is 16.8 Å². The number of hydrogen-bond donors (Lipinski definition) is 6. The van der Waals surface area contributed by atoms with Crippen LogP contribution in [0.4, 0.5) is 0 Å². The van der Waals surface area contributed by atoms with Gasteiger partial charge in [-0.1, -0.05) is 36.4 Å². The van der Waals surface area contributed by atoms with Gasteiger partial charge in [0, 0.05) is 72.6 Å². The molecule has 2 atom stereocenters. The summed E-state index contributed by atoms with van der Waals surface area (Å²) in [5.74, 6) is -2.13. The van der Waals surface area contributed by atoms with Gasteiger partial charge in [-0.05, 0) is 117 Å². The summed E-state index contributed by atoms with van der Waals surface area (Å²) >= 11 is 7.07. The van der Waals surface area contributed by atoms with Crippen molar-refractivity contribution in [3.8, 4) is 34.6 Å². The standard InChI is InChI=1S/C50H54Br2N6O14S2/c1-29-33(25-71-45-41(51)15-35(19-55-49(3,27-59)47(61)62)43(57-45)69-23-31-13-37(21-53-17-31)73(5,65)66)9-7-11-39(29)40-12-8-10-34(30(40)2)26-72-46-42(52)16-36(20-56-50(4,28-60)48(63)64)44(58-46)70-24-32-14-38(22-54-18-32)74(6,67)68/h7-18,21-22,55-56,59-60H,19-20,23-28H2,1-6H3,(H,61,62)(H,63,64)/t49-,50-/m0/s1. The van der Waals surface area contributed by atoms with Gasteiger partial charge in [0.25, 0.3) is 0 Å². The van der Waals surface area contributed by atoms with Gasteiger partial charge in [-0.2, -0.15) is 9.97 Å². The van der Waals surface area contributed by atoms with Crippen molar-refractivity contribution in [1.29, 1.82) is 0 Å². The highest BCUT2D eigenvalue weighted by Gasteiger charge is 2.33. The van der Waals surface area contributed by atoms with Crippen LogP contribution in [0.15, 0.2) is 104 Å². The molecule has 0 radical (unpaired) electrons. The molecule has 4 aromatic heterocycles.